The van der Waals surface area contributed by atoms with E-state index in [9.17, 15) is 4.79 Å². The minimum Gasteiger partial charge on any atom is -0.374 e. The van der Waals surface area contributed by atoms with Gasteiger partial charge in [0, 0.05) is 32.2 Å². The Morgan fingerprint density at radius 2 is 2.10 bits per heavy atom. The molecule has 1 amide bonds. The van der Waals surface area contributed by atoms with E-state index in [0.717, 1.165) is 39.0 Å². The van der Waals surface area contributed by atoms with Crippen molar-refractivity contribution in [2.75, 3.05) is 39.3 Å². The number of ether oxygens (including phenoxy) is 1. The number of nitrogens with one attached hydrogen (secondary N) is 1. The van der Waals surface area contributed by atoms with Gasteiger partial charge in [0.05, 0.1) is 25.3 Å². The predicted molar refractivity (Wildman–Crippen MR) is 84.9 cm³/mol. The van der Waals surface area contributed by atoms with Crippen molar-refractivity contribution in [1.29, 1.82) is 0 Å². The number of hydrogen-bond donors (Lipinski definition) is 1. The maximum Gasteiger partial charge on any atom is 0.237 e. The third-order valence-electron chi connectivity index (χ3n) is 5.03. The topological polar surface area (TPSA) is 44.8 Å². The van der Waals surface area contributed by atoms with Crippen LogP contribution in [0.5, 0.6) is 0 Å². The van der Waals surface area contributed by atoms with Crippen LogP contribution in [0.2, 0.25) is 0 Å². The van der Waals surface area contributed by atoms with Crippen LogP contribution >= 0.6 is 12.4 Å². The van der Waals surface area contributed by atoms with Gasteiger partial charge in [0.25, 0.3) is 0 Å². The molecule has 6 heteroatoms. The smallest absolute Gasteiger partial charge is 0.237 e. The minimum absolute atomic E-state index is 0. The molecule has 2 saturated heterocycles. The van der Waals surface area contributed by atoms with Crippen molar-refractivity contribution in [2.45, 2.75) is 50.8 Å². The van der Waals surface area contributed by atoms with Gasteiger partial charge in [0.15, 0.2) is 0 Å². The Labute approximate surface area is 133 Å². The van der Waals surface area contributed by atoms with Crippen LogP contribution < -0.4 is 5.32 Å². The second-order valence-corrected chi connectivity index (χ2v) is 6.37. The van der Waals surface area contributed by atoms with Gasteiger partial charge in [-0.3, -0.25) is 9.69 Å². The average molecular weight is 318 g/mol. The van der Waals surface area contributed by atoms with Crippen molar-refractivity contribution in [3.05, 3.63) is 0 Å². The highest BCUT2D eigenvalue weighted by Crippen LogP contribution is 2.28. The van der Waals surface area contributed by atoms with Crippen LogP contribution in [-0.2, 0) is 9.53 Å². The molecular weight excluding hydrogens is 290 g/mol. The average Bonchev–Trinajstić information content (AvgIpc) is 2.49. The number of carbonyl (C=O) groups is 1. The summed E-state index contributed by atoms with van der Waals surface area (Å²) in [4.78, 5) is 17.1. The van der Waals surface area contributed by atoms with Gasteiger partial charge in [-0.1, -0.05) is 12.8 Å². The fraction of sp³-hybridized carbons (Fsp3) is 0.933. The maximum absolute atomic E-state index is 12.7. The number of nitrogens with zero attached hydrogens (tertiary/aromatic N) is 2. The number of rotatable bonds is 2. The number of hydrogen-bond acceptors (Lipinski definition) is 4. The summed E-state index contributed by atoms with van der Waals surface area (Å²) in [5.74, 6) is 0.305. The van der Waals surface area contributed by atoms with E-state index in [0.29, 0.717) is 37.2 Å². The van der Waals surface area contributed by atoms with Crippen molar-refractivity contribution in [3.63, 3.8) is 0 Å². The molecule has 0 aromatic carbocycles. The molecule has 1 N–H and O–H groups in total. The molecule has 1 aliphatic carbocycles. The lowest BCUT2D eigenvalue weighted by Gasteiger charge is -2.45. The van der Waals surface area contributed by atoms with Gasteiger partial charge in [-0.2, -0.15) is 0 Å². The van der Waals surface area contributed by atoms with Gasteiger partial charge in [-0.05, 0) is 19.8 Å². The molecule has 2 aliphatic heterocycles. The first kappa shape index (κ1) is 17.0. The van der Waals surface area contributed by atoms with E-state index < -0.39 is 0 Å². The van der Waals surface area contributed by atoms with Crippen molar-refractivity contribution < 1.29 is 9.53 Å². The van der Waals surface area contributed by atoms with E-state index in [-0.39, 0.29) is 12.4 Å². The van der Waals surface area contributed by atoms with E-state index in [2.05, 4.69) is 22.0 Å². The molecule has 3 rings (SSSR count). The summed E-state index contributed by atoms with van der Waals surface area (Å²) in [6.07, 6.45) is 5.02. The molecule has 21 heavy (non-hydrogen) atoms. The van der Waals surface area contributed by atoms with Crippen molar-refractivity contribution in [2.24, 2.45) is 0 Å². The molecule has 3 fully saturated rings. The quantitative estimate of drug-likeness (QED) is 0.821. The van der Waals surface area contributed by atoms with Gasteiger partial charge in [0.1, 0.15) is 0 Å². The second-order valence-electron chi connectivity index (χ2n) is 6.37. The summed E-state index contributed by atoms with van der Waals surface area (Å²) in [7, 11) is 0. The van der Waals surface area contributed by atoms with Gasteiger partial charge in [0.2, 0.25) is 5.91 Å². The fourth-order valence-corrected chi connectivity index (χ4v) is 3.79. The number of halogens is 1. The summed E-state index contributed by atoms with van der Waals surface area (Å²) in [5.41, 5.74) is 0. The van der Waals surface area contributed by atoms with Crippen LogP contribution in [0.1, 0.15) is 32.6 Å². The molecule has 2 heterocycles. The van der Waals surface area contributed by atoms with Gasteiger partial charge >= 0.3 is 0 Å². The first-order valence-corrected chi connectivity index (χ1v) is 8.11. The zero-order valence-corrected chi connectivity index (χ0v) is 13.7. The van der Waals surface area contributed by atoms with Crippen molar-refractivity contribution in [1.82, 2.24) is 15.1 Å². The fourth-order valence-electron chi connectivity index (χ4n) is 3.79. The molecular formula is C15H28ClN3O2. The van der Waals surface area contributed by atoms with E-state index in [4.69, 9.17) is 4.74 Å². The summed E-state index contributed by atoms with van der Waals surface area (Å²) >= 11 is 0. The molecule has 2 unspecified atom stereocenters. The van der Waals surface area contributed by atoms with E-state index in [1.165, 1.54) is 12.8 Å². The predicted octanol–water partition coefficient (Wildman–Crippen LogP) is 0.872. The lowest BCUT2D eigenvalue weighted by atomic mass is 9.90. The highest BCUT2D eigenvalue weighted by Gasteiger charge is 2.37. The van der Waals surface area contributed by atoms with Crippen LogP contribution in [0, 0.1) is 0 Å². The molecule has 1 saturated carbocycles. The highest BCUT2D eigenvalue weighted by atomic mass is 35.5. The van der Waals surface area contributed by atoms with Crippen LogP contribution in [0.25, 0.3) is 0 Å². The van der Waals surface area contributed by atoms with Crippen LogP contribution in [-0.4, -0.2) is 73.2 Å². The molecule has 0 radical (unpaired) electrons. The van der Waals surface area contributed by atoms with Crippen molar-refractivity contribution >= 4 is 18.3 Å². The van der Waals surface area contributed by atoms with Crippen LogP contribution in [0.4, 0.5) is 0 Å². The zero-order valence-electron chi connectivity index (χ0n) is 12.9. The Morgan fingerprint density at radius 3 is 2.90 bits per heavy atom. The van der Waals surface area contributed by atoms with E-state index >= 15 is 0 Å². The summed E-state index contributed by atoms with van der Waals surface area (Å²) in [5, 5.41) is 3.38. The SMILES string of the molecule is C[C@@H]1CNCCN1CC(=O)N1CCOC2CCCCC21.Cl. The second kappa shape index (κ2) is 7.77. The van der Waals surface area contributed by atoms with E-state index in [1.807, 2.05) is 0 Å². The van der Waals surface area contributed by atoms with E-state index in [1.54, 1.807) is 0 Å². The highest BCUT2D eigenvalue weighted by molar-refractivity contribution is 5.85. The largest absolute Gasteiger partial charge is 0.374 e. The van der Waals surface area contributed by atoms with Gasteiger partial charge in [-0.25, -0.2) is 0 Å². The number of amides is 1. The van der Waals surface area contributed by atoms with Gasteiger partial charge in [-0.15, -0.1) is 12.4 Å². The number of morpholine rings is 1. The molecule has 0 aromatic rings. The van der Waals surface area contributed by atoms with Gasteiger partial charge < -0.3 is 15.0 Å². The normalized spacial score (nSPS) is 34.0. The standard InChI is InChI=1S/C15H27N3O2.ClH/c1-12-10-16-6-7-17(12)11-15(19)18-8-9-20-14-5-3-2-4-13(14)18;/h12-14,16H,2-11H2,1H3;1H/t12-,13?,14?;/m1./s1. The lowest BCUT2D eigenvalue weighted by molar-refractivity contribution is -0.151. The maximum atomic E-state index is 12.7. The number of piperazine rings is 1. The first-order chi connectivity index (χ1) is 9.75. The molecule has 5 nitrogen and oxygen atoms in total. The Morgan fingerprint density at radius 1 is 1.29 bits per heavy atom. The Balaban J connectivity index is 0.00000161. The molecule has 0 spiro atoms. The zero-order chi connectivity index (χ0) is 13.9. The molecule has 0 bridgehead atoms. The molecule has 0 aromatic heterocycles. The summed E-state index contributed by atoms with van der Waals surface area (Å²) < 4.78 is 5.86. The number of fused-ring (bicyclic) bond motifs is 1. The minimum atomic E-state index is 0. The lowest BCUT2D eigenvalue weighted by Crippen LogP contribution is -2.59. The molecule has 3 atom stereocenters. The van der Waals surface area contributed by atoms with Crippen molar-refractivity contribution in [3.8, 4) is 0 Å². The summed E-state index contributed by atoms with van der Waals surface area (Å²) in [6, 6.07) is 0.791. The Hall–Kier alpha value is -0.360. The number of carbonyl (C=O) groups excluding carboxylic acids is 1. The molecule has 3 aliphatic rings. The third-order valence-corrected chi connectivity index (χ3v) is 5.03. The Kier molecular flexibility index (Phi) is 6.29. The van der Waals surface area contributed by atoms with Crippen LogP contribution in [0.15, 0.2) is 0 Å². The summed E-state index contributed by atoms with van der Waals surface area (Å²) in [6.45, 7) is 7.22. The first-order valence-electron chi connectivity index (χ1n) is 8.11. The Bertz CT molecular complexity index is 354. The monoisotopic (exact) mass is 317 g/mol. The molecule has 122 valence electrons. The van der Waals surface area contributed by atoms with Crippen LogP contribution in [0.3, 0.4) is 0 Å². The third kappa shape index (κ3) is 3.89.